The molecule has 1 rings (SSSR count). The quantitative estimate of drug-likeness (QED) is 0.774. The molecular formula is C16H25ClN2O3S. The van der Waals surface area contributed by atoms with E-state index in [-0.39, 0.29) is 11.9 Å². The molecule has 0 aromatic heterocycles. The summed E-state index contributed by atoms with van der Waals surface area (Å²) in [7, 11) is -3.61. The summed E-state index contributed by atoms with van der Waals surface area (Å²) < 4.78 is 25.7. The van der Waals surface area contributed by atoms with Crippen molar-refractivity contribution < 1.29 is 13.2 Å². The molecule has 0 heterocycles. The van der Waals surface area contributed by atoms with Gasteiger partial charge in [-0.3, -0.25) is 9.10 Å². The highest BCUT2D eigenvalue weighted by Gasteiger charge is 2.31. The minimum atomic E-state index is -3.61. The van der Waals surface area contributed by atoms with E-state index in [0.29, 0.717) is 17.1 Å². The van der Waals surface area contributed by atoms with Crippen LogP contribution in [0.1, 0.15) is 40.0 Å². The maximum Gasteiger partial charge on any atom is 0.244 e. The molecule has 0 fully saturated rings. The van der Waals surface area contributed by atoms with E-state index in [0.717, 1.165) is 23.4 Å². The van der Waals surface area contributed by atoms with Crippen molar-refractivity contribution in [1.82, 2.24) is 5.32 Å². The molecule has 5 nitrogen and oxygen atoms in total. The van der Waals surface area contributed by atoms with Crippen molar-refractivity contribution >= 4 is 33.2 Å². The standard InChI is InChI=1S/C16H25ClN2O3S/c1-5-7-12(3)18-16(20)15(6-2)19(23(4,21)22)14-10-8-13(17)9-11-14/h8-12,15H,5-7H2,1-4H3,(H,18,20)/t12-,15+/m0/s1. The van der Waals surface area contributed by atoms with Crippen molar-refractivity contribution in [2.45, 2.75) is 52.1 Å². The number of amides is 1. The molecule has 2 atom stereocenters. The summed E-state index contributed by atoms with van der Waals surface area (Å²) in [6.07, 6.45) is 3.28. The van der Waals surface area contributed by atoms with E-state index < -0.39 is 16.1 Å². The van der Waals surface area contributed by atoms with E-state index in [9.17, 15) is 13.2 Å². The van der Waals surface area contributed by atoms with Crippen molar-refractivity contribution in [1.29, 1.82) is 0 Å². The molecule has 0 saturated heterocycles. The van der Waals surface area contributed by atoms with Crippen LogP contribution in [-0.4, -0.2) is 32.7 Å². The second kappa shape index (κ2) is 8.55. The molecule has 0 unspecified atom stereocenters. The van der Waals surface area contributed by atoms with Crippen LogP contribution in [0.15, 0.2) is 24.3 Å². The Morgan fingerprint density at radius 2 is 1.83 bits per heavy atom. The molecule has 130 valence electrons. The molecule has 0 radical (unpaired) electrons. The summed E-state index contributed by atoms with van der Waals surface area (Å²) in [4.78, 5) is 12.5. The molecule has 0 aliphatic carbocycles. The van der Waals surface area contributed by atoms with Crippen molar-refractivity contribution in [3.05, 3.63) is 29.3 Å². The van der Waals surface area contributed by atoms with E-state index in [1.54, 1.807) is 31.2 Å². The highest BCUT2D eigenvalue weighted by molar-refractivity contribution is 7.92. The third-order valence-corrected chi connectivity index (χ3v) is 4.95. The van der Waals surface area contributed by atoms with E-state index >= 15 is 0 Å². The molecule has 7 heteroatoms. The number of carbonyl (C=O) groups is 1. The number of benzene rings is 1. The zero-order valence-corrected chi connectivity index (χ0v) is 15.6. The lowest BCUT2D eigenvalue weighted by Crippen LogP contribution is -2.51. The van der Waals surface area contributed by atoms with Crippen LogP contribution in [0.2, 0.25) is 5.02 Å². The molecular weight excluding hydrogens is 336 g/mol. The van der Waals surface area contributed by atoms with Crippen LogP contribution in [0, 0.1) is 0 Å². The smallest absolute Gasteiger partial charge is 0.244 e. The number of sulfonamides is 1. The van der Waals surface area contributed by atoms with Gasteiger partial charge < -0.3 is 5.32 Å². The van der Waals surface area contributed by atoms with Gasteiger partial charge in [-0.05, 0) is 44.0 Å². The largest absolute Gasteiger partial charge is 0.352 e. The Kier molecular flexibility index (Phi) is 7.35. The summed E-state index contributed by atoms with van der Waals surface area (Å²) in [6, 6.07) is 5.65. The van der Waals surface area contributed by atoms with Crippen LogP contribution in [-0.2, 0) is 14.8 Å². The Morgan fingerprint density at radius 3 is 2.26 bits per heavy atom. The van der Waals surface area contributed by atoms with Gasteiger partial charge >= 0.3 is 0 Å². The van der Waals surface area contributed by atoms with Crippen molar-refractivity contribution in [2.24, 2.45) is 0 Å². The average Bonchev–Trinajstić information content (AvgIpc) is 2.44. The average molecular weight is 361 g/mol. The van der Waals surface area contributed by atoms with Crippen molar-refractivity contribution in [3.63, 3.8) is 0 Å². The van der Waals surface area contributed by atoms with E-state index in [4.69, 9.17) is 11.6 Å². The molecule has 1 amide bonds. The minimum absolute atomic E-state index is 0.00757. The molecule has 0 saturated carbocycles. The van der Waals surface area contributed by atoms with Gasteiger partial charge in [-0.25, -0.2) is 8.42 Å². The molecule has 1 aromatic carbocycles. The summed E-state index contributed by atoms with van der Waals surface area (Å²) in [5.74, 6) is -0.283. The fraction of sp³-hybridized carbons (Fsp3) is 0.562. The molecule has 0 spiro atoms. The lowest BCUT2D eigenvalue weighted by Gasteiger charge is -2.31. The Balaban J connectivity index is 3.13. The number of rotatable bonds is 8. The summed E-state index contributed by atoms with van der Waals surface area (Å²) in [5.41, 5.74) is 0.432. The van der Waals surface area contributed by atoms with Gasteiger partial charge in [0.25, 0.3) is 0 Å². The van der Waals surface area contributed by atoms with Gasteiger partial charge in [0, 0.05) is 11.1 Å². The number of hydrogen-bond donors (Lipinski definition) is 1. The van der Waals surface area contributed by atoms with Gasteiger partial charge in [-0.1, -0.05) is 31.9 Å². The number of nitrogens with zero attached hydrogens (tertiary/aromatic N) is 1. The maximum atomic E-state index is 12.5. The molecule has 0 aliphatic heterocycles. The van der Waals surface area contributed by atoms with Crippen LogP contribution in [0.5, 0.6) is 0 Å². The monoisotopic (exact) mass is 360 g/mol. The molecule has 23 heavy (non-hydrogen) atoms. The first-order valence-electron chi connectivity index (χ1n) is 7.76. The maximum absolute atomic E-state index is 12.5. The first-order chi connectivity index (χ1) is 10.7. The normalized spacial score (nSPS) is 14.1. The van der Waals surface area contributed by atoms with Crippen LogP contribution < -0.4 is 9.62 Å². The van der Waals surface area contributed by atoms with Crippen molar-refractivity contribution in [3.8, 4) is 0 Å². The highest BCUT2D eigenvalue weighted by Crippen LogP contribution is 2.24. The first-order valence-corrected chi connectivity index (χ1v) is 9.98. The number of nitrogens with one attached hydrogen (secondary N) is 1. The third kappa shape index (κ3) is 5.70. The third-order valence-electron chi connectivity index (χ3n) is 3.52. The van der Waals surface area contributed by atoms with Gasteiger partial charge in [-0.15, -0.1) is 0 Å². The topological polar surface area (TPSA) is 66.5 Å². The number of hydrogen-bond acceptors (Lipinski definition) is 3. The SMILES string of the molecule is CCC[C@H](C)NC(=O)[C@@H](CC)N(c1ccc(Cl)cc1)S(C)(=O)=O. The van der Waals surface area contributed by atoms with Gasteiger partial charge in [-0.2, -0.15) is 0 Å². The van der Waals surface area contributed by atoms with E-state index in [1.807, 2.05) is 13.8 Å². The van der Waals surface area contributed by atoms with E-state index in [2.05, 4.69) is 5.32 Å². The minimum Gasteiger partial charge on any atom is -0.352 e. The van der Waals surface area contributed by atoms with Crippen LogP contribution >= 0.6 is 11.6 Å². The summed E-state index contributed by atoms with van der Waals surface area (Å²) in [5, 5.41) is 3.40. The fourth-order valence-electron chi connectivity index (χ4n) is 2.49. The Bertz CT molecular complexity index is 617. The number of carbonyl (C=O) groups excluding carboxylic acids is 1. The second-order valence-electron chi connectivity index (χ2n) is 5.66. The van der Waals surface area contributed by atoms with Gasteiger partial charge in [0.1, 0.15) is 6.04 Å². The van der Waals surface area contributed by atoms with E-state index in [1.165, 1.54) is 0 Å². The fourth-order valence-corrected chi connectivity index (χ4v) is 3.83. The van der Waals surface area contributed by atoms with Crippen LogP contribution in [0.3, 0.4) is 0 Å². The molecule has 1 aromatic rings. The number of halogens is 1. The second-order valence-corrected chi connectivity index (χ2v) is 7.95. The highest BCUT2D eigenvalue weighted by atomic mass is 35.5. The molecule has 0 aliphatic rings. The molecule has 1 N–H and O–H groups in total. The lowest BCUT2D eigenvalue weighted by atomic mass is 10.1. The van der Waals surface area contributed by atoms with Crippen LogP contribution in [0.25, 0.3) is 0 Å². The zero-order valence-electron chi connectivity index (χ0n) is 14.0. The van der Waals surface area contributed by atoms with Gasteiger partial charge in [0.05, 0.1) is 11.9 Å². The van der Waals surface area contributed by atoms with Crippen molar-refractivity contribution in [2.75, 3.05) is 10.6 Å². The van der Waals surface area contributed by atoms with Gasteiger partial charge in [0.15, 0.2) is 0 Å². The summed E-state index contributed by atoms with van der Waals surface area (Å²) >= 11 is 5.86. The number of anilines is 1. The summed E-state index contributed by atoms with van der Waals surface area (Å²) in [6.45, 7) is 5.75. The Labute approximate surface area is 144 Å². The predicted molar refractivity (Wildman–Crippen MR) is 95.4 cm³/mol. The Morgan fingerprint density at radius 1 is 1.26 bits per heavy atom. The van der Waals surface area contributed by atoms with Gasteiger partial charge in [0.2, 0.25) is 15.9 Å². The van der Waals surface area contributed by atoms with Crippen LogP contribution in [0.4, 0.5) is 5.69 Å². The lowest BCUT2D eigenvalue weighted by molar-refractivity contribution is -0.122. The first kappa shape index (κ1) is 19.8. The zero-order chi connectivity index (χ0) is 17.6. The Hall–Kier alpha value is -1.27. The molecule has 0 bridgehead atoms. The predicted octanol–water partition coefficient (Wildman–Crippen LogP) is 3.19.